The molecule has 0 aromatic heterocycles. The van der Waals surface area contributed by atoms with Crippen molar-refractivity contribution >= 4 is 11.9 Å². The summed E-state index contributed by atoms with van der Waals surface area (Å²) in [6.07, 6.45) is 0. The Hall–Kier alpha value is -0.546. The minimum absolute atomic E-state index is 0. The fraction of sp³-hybridized carbons (Fsp3) is 0. The van der Waals surface area contributed by atoms with E-state index in [1.165, 1.54) is 0 Å². The predicted octanol–water partition coefficient (Wildman–Crippen LogP) is -3.98. The van der Waals surface area contributed by atoms with Gasteiger partial charge in [0, 0.05) is 21.7 Å². The molecule has 0 aromatic rings. The molecule has 0 aliphatic carbocycles. The van der Waals surface area contributed by atoms with Gasteiger partial charge in [-0.3, -0.25) is 0 Å². The second-order valence-electron chi connectivity index (χ2n) is 0.610. The largest absolute Gasteiger partial charge is 0.473 e. The molecule has 0 heterocycles. The molecule has 13 N–H and O–H groups in total. The fourth-order valence-electron chi connectivity index (χ4n) is 0. The zero-order valence-electron chi connectivity index (χ0n) is 5.92. The van der Waals surface area contributed by atoms with Crippen molar-refractivity contribution in [3.05, 3.63) is 0 Å². The summed E-state index contributed by atoms with van der Waals surface area (Å²) in [5.41, 5.74) is 0. The van der Waals surface area contributed by atoms with Gasteiger partial charge in [0.25, 0.3) is 0 Å². The average molecular weight is 227 g/mol. The summed E-state index contributed by atoms with van der Waals surface area (Å²) in [4.78, 5) is 18.2. The Morgan fingerprint density at radius 1 is 0.750 bits per heavy atom. The van der Waals surface area contributed by atoms with E-state index in [1.54, 1.807) is 0 Å². The van der Waals surface area contributed by atoms with E-state index >= 15 is 0 Å². The monoisotopic (exact) mass is 227 g/mol. The van der Waals surface area contributed by atoms with Crippen LogP contribution in [0.5, 0.6) is 0 Å². The number of aliphatic carboxylic acids is 2. The van der Waals surface area contributed by atoms with E-state index in [4.69, 9.17) is 19.8 Å². The SMILES string of the molecule is N.O.O.O.O.O=C(O)C(=O)O.[Ti]. The molecule has 10 heteroatoms. The van der Waals surface area contributed by atoms with Gasteiger partial charge in [-0.05, 0) is 0 Å². The van der Waals surface area contributed by atoms with Gasteiger partial charge < -0.3 is 38.3 Å². The quantitative estimate of drug-likeness (QED) is 0.276. The maximum Gasteiger partial charge on any atom is 0.414 e. The third kappa shape index (κ3) is 56.6. The van der Waals surface area contributed by atoms with Crippen LogP contribution in [0.15, 0.2) is 0 Å². The van der Waals surface area contributed by atoms with E-state index < -0.39 is 11.9 Å². The maximum atomic E-state index is 9.10. The standard InChI is InChI=1S/C2H2O4.H3N.4H2O.Ti/c3-1(4)2(5)6;;;;;;/h(H,3,4)(H,5,6);1H3;4*1H2;. The summed E-state index contributed by atoms with van der Waals surface area (Å²) >= 11 is 0. The summed E-state index contributed by atoms with van der Waals surface area (Å²) in [6, 6.07) is 0. The molecule has 0 aromatic carbocycles. The molecule has 0 spiro atoms. The molecule has 0 unspecified atom stereocenters. The summed E-state index contributed by atoms with van der Waals surface area (Å²) in [5, 5.41) is 14.8. The number of carbonyl (C=O) groups is 2. The van der Waals surface area contributed by atoms with Crippen LogP contribution in [0.4, 0.5) is 0 Å². The van der Waals surface area contributed by atoms with Crippen molar-refractivity contribution < 1.29 is 63.4 Å². The normalized spacial score (nSPS) is 3.67. The molecule has 9 nitrogen and oxygen atoms in total. The molecule has 0 atom stereocenters. The zero-order chi connectivity index (χ0) is 5.15. The Kier molecular flexibility index (Phi) is 165. The van der Waals surface area contributed by atoms with E-state index in [0.29, 0.717) is 0 Å². The van der Waals surface area contributed by atoms with Crippen LogP contribution >= 0.6 is 0 Å². The molecule has 0 aliphatic rings. The van der Waals surface area contributed by atoms with Gasteiger partial charge in [0.2, 0.25) is 0 Å². The first-order valence-corrected chi connectivity index (χ1v) is 1.11. The molecular weight excluding hydrogens is 214 g/mol. The molecule has 0 fully saturated rings. The van der Waals surface area contributed by atoms with Crippen molar-refractivity contribution in [1.29, 1.82) is 0 Å². The summed E-state index contributed by atoms with van der Waals surface area (Å²) in [7, 11) is 0. The molecule has 12 heavy (non-hydrogen) atoms. The number of carboxylic acids is 2. The first kappa shape index (κ1) is 63.1. The van der Waals surface area contributed by atoms with Crippen molar-refractivity contribution in [3.63, 3.8) is 0 Å². The van der Waals surface area contributed by atoms with E-state index in [1.807, 2.05) is 0 Å². The van der Waals surface area contributed by atoms with Crippen LogP contribution in [0.2, 0.25) is 0 Å². The van der Waals surface area contributed by atoms with Gasteiger partial charge in [0.05, 0.1) is 0 Å². The predicted molar refractivity (Wildman–Crippen MR) is 34.7 cm³/mol. The van der Waals surface area contributed by atoms with Gasteiger partial charge in [-0.1, -0.05) is 0 Å². The maximum absolute atomic E-state index is 9.10. The second-order valence-corrected chi connectivity index (χ2v) is 0.610. The molecule has 78 valence electrons. The van der Waals surface area contributed by atoms with Crippen LogP contribution in [-0.4, -0.2) is 44.1 Å². The first-order valence-electron chi connectivity index (χ1n) is 1.11. The number of carboxylic acid groups (broad SMARTS) is 2. The summed E-state index contributed by atoms with van der Waals surface area (Å²) < 4.78 is 0. The smallest absolute Gasteiger partial charge is 0.414 e. The average Bonchev–Trinajstić information content (AvgIpc) is 1.36. The van der Waals surface area contributed by atoms with Gasteiger partial charge in [-0.2, -0.15) is 0 Å². The molecule has 0 saturated carbocycles. The number of hydrogen-bond acceptors (Lipinski definition) is 3. The summed E-state index contributed by atoms with van der Waals surface area (Å²) in [5.74, 6) is -3.65. The molecule has 0 rings (SSSR count). The van der Waals surface area contributed by atoms with Crippen LogP contribution in [0, 0.1) is 0 Å². The zero-order valence-corrected chi connectivity index (χ0v) is 7.48. The van der Waals surface area contributed by atoms with Crippen molar-refractivity contribution in [2.24, 2.45) is 0 Å². The van der Waals surface area contributed by atoms with Crippen molar-refractivity contribution in [2.75, 3.05) is 0 Å². The molecule has 0 aliphatic heterocycles. The van der Waals surface area contributed by atoms with Crippen LogP contribution in [0.1, 0.15) is 0 Å². The molecule has 0 saturated heterocycles. The Morgan fingerprint density at radius 3 is 0.833 bits per heavy atom. The van der Waals surface area contributed by atoms with Gasteiger partial charge in [-0.25, -0.2) is 9.59 Å². The topological polar surface area (TPSA) is 236 Å². The van der Waals surface area contributed by atoms with Crippen molar-refractivity contribution in [2.45, 2.75) is 0 Å². The van der Waals surface area contributed by atoms with Crippen LogP contribution in [0.3, 0.4) is 0 Å². The Morgan fingerprint density at radius 2 is 0.833 bits per heavy atom. The Bertz CT molecular complexity index is 83.1. The minimum atomic E-state index is -1.82. The molecule has 0 radical (unpaired) electrons. The molecule has 0 amide bonds. The van der Waals surface area contributed by atoms with Gasteiger partial charge in [0.15, 0.2) is 0 Å². The summed E-state index contributed by atoms with van der Waals surface area (Å²) in [6.45, 7) is 0. The van der Waals surface area contributed by atoms with Crippen molar-refractivity contribution in [1.82, 2.24) is 6.15 Å². The third-order valence-corrected chi connectivity index (χ3v) is 0.183. The van der Waals surface area contributed by atoms with Gasteiger partial charge >= 0.3 is 11.9 Å². The van der Waals surface area contributed by atoms with Gasteiger partial charge in [-0.15, -0.1) is 0 Å². The Balaban J connectivity index is -0.00000000833. The minimum Gasteiger partial charge on any atom is -0.473 e. The van der Waals surface area contributed by atoms with E-state index in [2.05, 4.69) is 0 Å². The number of hydrogen-bond donors (Lipinski definition) is 3. The molecular formula is C2H13NO8Ti. The van der Waals surface area contributed by atoms with E-state index in [0.717, 1.165) is 0 Å². The third-order valence-electron chi connectivity index (χ3n) is 0.183. The number of rotatable bonds is 0. The van der Waals surface area contributed by atoms with Crippen LogP contribution in [-0.2, 0) is 31.3 Å². The van der Waals surface area contributed by atoms with E-state index in [-0.39, 0.29) is 49.8 Å². The first-order chi connectivity index (χ1) is 2.64. The Labute approximate surface area is 82.1 Å². The van der Waals surface area contributed by atoms with Crippen LogP contribution < -0.4 is 6.15 Å². The van der Waals surface area contributed by atoms with E-state index in [9.17, 15) is 0 Å². The van der Waals surface area contributed by atoms with Gasteiger partial charge in [0.1, 0.15) is 0 Å². The van der Waals surface area contributed by atoms with Crippen LogP contribution in [0.25, 0.3) is 0 Å². The fourth-order valence-corrected chi connectivity index (χ4v) is 0. The second kappa shape index (κ2) is 31.4. The van der Waals surface area contributed by atoms with Crippen molar-refractivity contribution in [3.8, 4) is 0 Å². The molecule has 0 bridgehead atoms.